The van der Waals surface area contributed by atoms with Crippen LogP contribution in [0.4, 0.5) is 0 Å². The van der Waals surface area contributed by atoms with Crippen molar-refractivity contribution in [1.29, 1.82) is 0 Å². The van der Waals surface area contributed by atoms with Crippen LogP contribution in [-0.2, 0) is 13.6 Å². The summed E-state index contributed by atoms with van der Waals surface area (Å²) in [6, 6.07) is 0. The molecule has 13 heavy (non-hydrogen) atoms. The highest BCUT2D eigenvalue weighted by Gasteiger charge is 2.47. The van der Waals surface area contributed by atoms with Gasteiger partial charge in [-0.05, 0) is 13.8 Å². The molecule has 5 heteroatoms. The van der Waals surface area contributed by atoms with Gasteiger partial charge in [0.1, 0.15) is 5.60 Å². The van der Waals surface area contributed by atoms with Crippen LogP contribution in [0.15, 0.2) is 23.0 Å². The van der Waals surface area contributed by atoms with Crippen LogP contribution in [0, 0.1) is 0 Å². The quantitative estimate of drug-likeness (QED) is 0.673. The van der Waals surface area contributed by atoms with E-state index in [4.69, 9.17) is 20.6 Å². The van der Waals surface area contributed by atoms with Crippen molar-refractivity contribution in [2.24, 2.45) is 0 Å². The fraction of sp³-hybridized carbons (Fsp3) is 0.500. The van der Waals surface area contributed by atoms with Crippen LogP contribution in [0.25, 0.3) is 0 Å². The number of hydrogen-bond acceptors (Lipinski definition) is 3. The summed E-state index contributed by atoms with van der Waals surface area (Å²) in [6.45, 7) is 6.99. The lowest BCUT2D eigenvalue weighted by molar-refractivity contribution is 0.141. The molecular weight excluding hydrogens is 211 g/mol. The van der Waals surface area contributed by atoms with E-state index in [2.05, 4.69) is 6.58 Å². The summed E-state index contributed by atoms with van der Waals surface area (Å²) >= 11 is 5.96. The van der Waals surface area contributed by atoms with E-state index in [-0.39, 0.29) is 0 Å². The average Bonchev–Trinajstić information content (AvgIpc) is 2.20. The molecule has 1 aliphatic rings. The molecule has 1 atom stereocenters. The van der Waals surface area contributed by atoms with Crippen molar-refractivity contribution in [2.45, 2.75) is 19.4 Å². The molecule has 0 saturated carbocycles. The molecule has 0 saturated heterocycles. The summed E-state index contributed by atoms with van der Waals surface area (Å²) in [7, 11) is -1.88. The van der Waals surface area contributed by atoms with Gasteiger partial charge in [-0.2, -0.15) is 0 Å². The molecule has 0 N–H and O–H groups in total. The molecule has 0 aromatic rings. The first-order valence-electron chi connectivity index (χ1n) is 3.77. The van der Waals surface area contributed by atoms with E-state index in [0.29, 0.717) is 10.3 Å². The van der Waals surface area contributed by atoms with E-state index in [9.17, 15) is 4.57 Å². The van der Waals surface area contributed by atoms with Crippen molar-refractivity contribution < 1.29 is 13.6 Å². The number of rotatable bonds is 2. The van der Waals surface area contributed by atoms with Crippen molar-refractivity contribution in [2.75, 3.05) is 7.11 Å². The molecular formula is C8H12ClO3P. The van der Waals surface area contributed by atoms with Crippen molar-refractivity contribution >= 4 is 19.2 Å². The summed E-state index contributed by atoms with van der Waals surface area (Å²) in [4.78, 5) is 0. The zero-order chi connectivity index (χ0) is 10.3. The largest absolute Gasteiger partial charge is 0.363 e. The van der Waals surface area contributed by atoms with Crippen LogP contribution in [-0.4, -0.2) is 12.7 Å². The molecule has 0 aliphatic carbocycles. The Hall–Kier alpha value is -0.0800. The number of allylic oxidation sites excluding steroid dienone is 2. The molecule has 0 bridgehead atoms. The maximum absolute atomic E-state index is 11.9. The Morgan fingerprint density at radius 1 is 1.69 bits per heavy atom. The predicted octanol–water partition coefficient (Wildman–Crippen LogP) is 3.27. The number of hydrogen-bond donors (Lipinski definition) is 0. The standard InChI is InChI=1S/C8H12ClO3P/c1-5-6-7(9)8(2,3)12-13(6,10)11-4/h5H,1H2,2-4H3. The monoisotopic (exact) mass is 222 g/mol. The fourth-order valence-corrected chi connectivity index (χ4v) is 3.43. The van der Waals surface area contributed by atoms with Gasteiger partial charge < -0.3 is 4.52 Å². The average molecular weight is 223 g/mol. The second-order valence-electron chi connectivity index (χ2n) is 3.18. The van der Waals surface area contributed by atoms with E-state index in [1.807, 2.05) is 0 Å². The molecule has 0 amide bonds. The van der Waals surface area contributed by atoms with Gasteiger partial charge in [0.15, 0.2) is 0 Å². The molecule has 74 valence electrons. The smallest absolute Gasteiger partial charge is 0.309 e. The van der Waals surface area contributed by atoms with E-state index in [0.717, 1.165) is 0 Å². The molecule has 0 radical (unpaired) electrons. The Bertz CT molecular complexity index is 319. The highest BCUT2D eigenvalue weighted by molar-refractivity contribution is 7.59. The van der Waals surface area contributed by atoms with Crippen molar-refractivity contribution in [3.63, 3.8) is 0 Å². The maximum Gasteiger partial charge on any atom is 0.363 e. The first-order chi connectivity index (χ1) is 5.87. The summed E-state index contributed by atoms with van der Waals surface area (Å²) in [5, 5.41) is 0.759. The van der Waals surface area contributed by atoms with E-state index in [1.165, 1.54) is 13.2 Å². The van der Waals surface area contributed by atoms with Gasteiger partial charge in [-0.3, -0.25) is 9.09 Å². The van der Waals surface area contributed by atoms with Crippen LogP contribution in [0.1, 0.15) is 13.8 Å². The Kier molecular flexibility index (Phi) is 2.75. The zero-order valence-corrected chi connectivity index (χ0v) is 9.48. The van der Waals surface area contributed by atoms with Crippen LogP contribution in [0.2, 0.25) is 0 Å². The van der Waals surface area contributed by atoms with Crippen molar-refractivity contribution in [3.05, 3.63) is 23.0 Å². The van der Waals surface area contributed by atoms with Gasteiger partial charge in [0.05, 0.1) is 10.3 Å². The van der Waals surface area contributed by atoms with Crippen LogP contribution >= 0.6 is 19.2 Å². The normalized spacial score (nSPS) is 32.3. The molecule has 1 aliphatic heterocycles. The SMILES string of the molecule is C=CC1=C(Cl)C(C)(C)OP1(=O)OC. The van der Waals surface area contributed by atoms with E-state index in [1.54, 1.807) is 13.8 Å². The van der Waals surface area contributed by atoms with Crippen molar-refractivity contribution in [3.8, 4) is 0 Å². The van der Waals surface area contributed by atoms with Crippen molar-refractivity contribution in [1.82, 2.24) is 0 Å². The van der Waals surface area contributed by atoms with Gasteiger partial charge in [-0.1, -0.05) is 24.3 Å². The first-order valence-corrected chi connectivity index (χ1v) is 5.69. The van der Waals surface area contributed by atoms with E-state index < -0.39 is 13.2 Å². The van der Waals surface area contributed by atoms with Crippen LogP contribution in [0.5, 0.6) is 0 Å². The van der Waals surface area contributed by atoms with Gasteiger partial charge in [0.2, 0.25) is 0 Å². The predicted molar refractivity (Wildman–Crippen MR) is 52.9 cm³/mol. The minimum atomic E-state index is -3.21. The summed E-state index contributed by atoms with van der Waals surface area (Å²) in [5.74, 6) is 0. The second kappa shape index (κ2) is 3.25. The Morgan fingerprint density at radius 3 is 2.54 bits per heavy atom. The van der Waals surface area contributed by atoms with Gasteiger partial charge in [-0.25, -0.2) is 0 Å². The molecule has 0 aromatic carbocycles. The van der Waals surface area contributed by atoms with Crippen LogP contribution in [0.3, 0.4) is 0 Å². The van der Waals surface area contributed by atoms with Crippen LogP contribution < -0.4 is 0 Å². The molecule has 1 unspecified atom stereocenters. The molecule has 0 fully saturated rings. The fourth-order valence-electron chi connectivity index (χ4n) is 1.16. The Balaban J connectivity index is 3.27. The highest BCUT2D eigenvalue weighted by Crippen LogP contribution is 2.66. The highest BCUT2D eigenvalue weighted by atomic mass is 35.5. The summed E-state index contributed by atoms with van der Waals surface area (Å²) in [6.07, 6.45) is 1.42. The molecule has 3 nitrogen and oxygen atoms in total. The number of halogens is 1. The zero-order valence-electron chi connectivity index (χ0n) is 7.83. The minimum Gasteiger partial charge on any atom is -0.309 e. The lowest BCUT2D eigenvalue weighted by Gasteiger charge is -2.19. The second-order valence-corrected chi connectivity index (χ2v) is 5.59. The third-order valence-electron chi connectivity index (χ3n) is 1.83. The topological polar surface area (TPSA) is 35.5 Å². The molecule has 1 rings (SSSR count). The van der Waals surface area contributed by atoms with Gasteiger partial charge in [0, 0.05) is 7.11 Å². The Labute approximate surface area is 82.9 Å². The van der Waals surface area contributed by atoms with Gasteiger partial charge >= 0.3 is 7.60 Å². The first kappa shape index (κ1) is 11.0. The maximum atomic E-state index is 11.9. The minimum absolute atomic E-state index is 0.363. The van der Waals surface area contributed by atoms with Gasteiger partial charge in [0.25, 0.3) is 0 Å². The lowest BCUT2D eigenvalue weighted by Crippen LogP contribution is -2.18. The molecule has 0 spiro atoms. The van der Waals surface area contributed by atoms with Gasteiger partial charge in [-0.15, -0.1) is 0 Å². The summed E-state index contributed by atoms with van der Waals surface area (Å²) in [5.41, 5.74) is -0.753. The Morgan fingerprint density at radius 2 is 2.23 bits per heavy atom. The van der Waals surface area contributed by atoms with E-state index >= 15 is 0 Å². The molecule has 1 heterocycles. The lowest BCUT2D eigenvalue weighted by atomic mass is 10.1. The third-order valence-corrected chi connectivity index (χ3v) is 4.79. The third kappa shape index (κ3) is 1.62. The molecule has 0 aromatic heterocycles. The summed E-state index contributed by atoms with van der Waals surface area (Å²) < 4.78 is 22.0.